The molecule has 0 bridgehead atoms. The Hall–Kier alpha value is -3.04. The smallest absolute Gasteiger partial charge is 0.265 e. The second-order valence-corrected chi connectivity index (χ2v) is 6.92. The Kier molecular flexibility index (Phi) is 5.94. The summed E-state index contributed by atoms with van der Waals surface area (Å²) in [6.07, 6.45) is 3.05. The van der Waals surface area contributed by atoms with E-state index in [4.69, 9.17) is 4.74 Å². The molecule has 3 rings (SSSR count). The number of benzene rings is 1. The Bertz CT molecular complexity index is 905. The van der Waals surface area contributed by atoms with Gasteiger partial charge in [-0.2, -0.15) is 5.10 Å². The summed E-state index contributed by atoms with van der Waals surface area (Å²) >= 11 is 1.14. The van der Waals surface area contributed by atoms with Crippen LogP contribution in [0, 0.1) is 0 Å². The lowest BCUT2D eigenvalue weighted by molar-refractivity contribution is 0.0909. The first-order valence-corrected chi connectivity index (χ1v) is 9.04. The average molecular weight is 385 g/mol. The molecular weight excluding hydrogens is 366 g/mol. The van der Waals surface area contributed by atoms with Crippen molar-refractivity contribution in [3.8, 4) is 5.69 Å². The van der Waals surface area contributed by atoms with Gasteiger partial charge >= 0.3 is 0 Å². The summed E-state index contributed by atoms with van der Waals surface area (Å²) in [4.78, 5) is 29.4. The minimum Gasteiger partial charge on any atom is -0.383 e. The molecule has 0 aliphatic carbocycles. The summed E-state index contributed by atoms with van der Waals surface area (Å²) in [6, 6.07) is 10.4. The number of amides is 2. The fraction of sp³-hybridized carbons (Fsp3) is 0.222. The SMILES string of the molecule is COC[C@H](C)NC(=O)c1ccc(C(=O)Nc2ccc(-n3cncn3)cc2)s1. The van der Waals surface area contributed by atoms with Gasteiger partial charge < -0.3 is 15.4 Å². The van der Waals surface area contributed by atoms with Crippen molar-refractivity contribution >= 4 is 28.8 Å². The van der Waals surface area contributed by atoms with Gasteiger partial charge in [0.1, 0.15) is 12.7 Å². The van der Waals surface area contributed by atoms with E-state index in [9.17, 15) is 9.59 Å². The second-order valence-electron chi connectivity index (χ2n) is 5.83. The van der Waals surface area contributed by atoms with Crippen LogP contribution < -0.4 is 10.6 Å². The topological polar surface area (TPSA) is 98.1 Å². The third-order valence-electron chi connectivity index (χ3n) is 3.66. The van der Waals surface area contributed by atoms with Crippen LogP contribution in [0.1, 0.15) is 26.3 Å². The molecule has 0 radical (unpaired) electrons. The first kappa shape index (κ1) is 18.7. The largest absolute Gasteiger partial charge is 0.383 e. The van der Waals surface area contributed by atoms with Crippen LogP contribution in [-0.4, -0.2) is 46.3 Å². The van der Waals surface area contributed by atoms with Crippen LogP contribution in [0.25, 0.3) is 5.69 Å². The van der Waals surface area contributed by atoms with Gasteiger partial charge in [0.25, 0.3) is 11.8 Å². The third kappa shape index (κ3) is 4.78. The molecule has 0 saturated carbocycles. The van der Waals surface area contributed by atoms with Crippen LogP contribution in [0.2, 0.25) is 0 Å². The molecule has 1 atom stereocenters. The van der Waals surface area contributed by atoms with Crippen LogP contribution in [0.4, 0.5) is 5.69 Å². The number of carbonyl (C=O) groups is 2. The maximum absolute atomic E-state index is 12.4. The molecule has 0 aliphatic heterocycles. The first-order chi connectivity index (χ1) is 13.1. The fourth-order valence-electron chi connectivity index (χ4n) is 2.40. The highest BCUT2D eigenvalue weighted by Gasteiger charge is 2.15. The molecule has 0 saturated heterocycles. The number of rotatable bonds is 7. The molecule has 140 valence electrons. The molecule has 3 aromatic rings. The van der Waals surface area contributed by atoms with Crippen molar-refractivity contribution in [3.05, 3.63) is 58.8 Å². The molecule has 0 spiro atoms. The molecule has 2 N–H and O–H groups in total. The summed E-state index contributed by atoms with van der Waals surface area (Å²) in [5.41, 5.74) is 1.49. The molecule has 1 aromatic carbocycles. The summed E-state index contributed by atoms with van der Waals surface area (Å²) < 4.78 is 6.62. The number of hydrogen-bond donors (Lipinski definition) is 2. The molecule has 27 heavy (non-hydrogen) atoms. The average Bonchev–Trinajstić information content (AvgIpc) is 3.35. The molecular formula is C18H19N5O3S. The number of aromatic nitrogens is 3. The van der Waals surface area contributed by atoms with Gasteiger partial charge in [-0.3, -0.25) is 9.59 Å². The van der Waals surface area contributed by atoms with Gasteiger partial charge in [-0.25, -0.2) is 9.67 Å². The Labute approximate surface area is 160 Å². The van der Waals surface area contributed by atoms with E-state index in [1.165, 1.54) is 6.33 Å². The maximum atomic E-state index is 12.4. The van der Waals surface area contributed by atoms with Gasteiger partial charge in [-0.1, -0.05) is 0 Å². The van der Waals surface area contributed by atoms with E-state index in [0.717, 1.165) is 17.0 Å². The molecule has 8 nitrogen and oxygen atoms in total. The fourth-order valence-corrected chi connectivity index (χ4v) is 3.20. The van der Waals surface area contributed by atoms with E-state index < -0.39 is 0 Å². The summed E-state index contributed by atoms with van der Waals surface area (Å²) in [5.74, 6) is -0.488. The van der Waals surface area contributed by atoms with E-state index in [0.29, 0.717) is 22.0 Å². The van der Waals surface area contributed by atoms with Crippen molar-refractivity contribution in [2.75, 3.05) is 19.0 Å². The van der Waals surface area contributed by atoms with Gasteiger partial charge in [0.15, 0.2) is 0 Å². The minimum atomic E-state index is -0.266. The van der Waals surface area contributed by atoms with Gasteiger partial charge in [0, 0.05) is 18.8 Å². The number of hydrogen-bond acceptors (Lipinski definition) is 6. The lowest BCUT2D eigenvalue weighted by Gasteiger charge is -2.11. The number of ether oxygens (including phenoxy) is 1. The zero-order valence-corrected chi connectivity index (χ0v) is 15.7. The molecule has 2 aromatic heterocycles. The number of nitrogens with zero attached hydrogens (tertiary/aromatic N) is 3. The van der Waals surface area contributed by atoms with Crippen molar-refractivity contribution in [3.63, 3.8) is 0 Å². The van der Waals surface area contributed by atoms with Crippen LogP contribution in [0.15, 0.2) is 49.1 Å². The van der Waals surface area contributed by atoms with Gasteiger partial charge in [-0.05, 0) is 43.3 Å². The quantitative estimate of drug-likeness (QED) is 0.651. The monoisotopic (exact) mass is 385 g/mol. The predicted molar refractivity (Wildman–Crippen MR) is 102 cm³/mol. The number of methoxy groups -OCH3 is 1. The number of carbonyl (C=O) groups excluding carboxylic acids is 2. The highest BCUT2D eigenvalue weighted by molar-refractivity contribution is 7.16. The van der Waals surface area contributed by atoms with E-state index in [-0.39, 0.29) is 17.9 Å². The van der Waals surface area contributed by atoms with Crippen molar-refractivity contribution in [2.24, 2.45) is 0 Å². The Balaban J connectivity index is 1.61. The Morgan fingerprint density at radius 1 is 1.15 bits per heavy atom. The molecule has 2 amide bonds. The Morgan fingerprint density at radius 2 is 1.85 bits per heavy atom. The highest BCUT2D eigenvalue weighted by atomic mass is 32.1. The zero-order valence-electron chi connectivity index (χ0n) is 14.9. The molecule has 2 heterocycles. The predicted octanol–water partition coefficient (Wildman–Crippen LogP) is 2.35. The molecule has 0 aliphatic rings. The van der Waals surface area contributed by atoms with E-state index >= 15 is 0 Å². The van der Waals surface area contributed by atoms with Crippen molar-refractivity contribution in [1.82, 2.24) is 20.1 Å². The van der Waals surface area contributed by atoms with E-state index in [1.807, 2.05) is 19.1 Å². The highest BCUT2D eigenvalue weighted by Crippen LogP contribution is 2.19. The first-order valence-electron chi connectivity index (χ1n) is 8.23. The van der Waals surface area contributed by atoms with Crippen LogP contribution in [-0.2, 0) is 4.74 Å². The number of anilines is 1. The van der Waals surface area contributed by atoms with Crippen molar-refractivity contribution < 1.29 is 14.3 Å². The second kappa shape index (κ2) is 8.56. The minimum absolute atomic E-state index is 0.106. The normalized spacial score (nSPS) is 11.8. The number of nitrogens with one attached hydrogen (secondary N) is 2. The van der Waals surface area contributed by atoms with Crippen LogP contribution >= 0.6 is 11.3 Å². The standard InChI is InChI=1S/C18H19N5O3S/c1-12(9-26-2)21-17(24)15-7-8-16(27-15)18(25)22-13-3-5-14(6-4-13)23-11-19-10-20-23/h3-8,10-12H,9H2,1-2H3,(H,21,24)(H,22,25)/t12-/m0/s1. The summed E-state index contributed by atoms with van der Waals surface area (Å²) in [5, 5.41) is 9.69. The van der Waals surface area contributed by atoms with E-state index in [1.54, 1.807) is 42.4 Å². The lowest BCUT2D eigenvalue weighted by atomic mass is 10.2. The Morgan fingerprint density at radius 3 is 2.48 bits per heavy atom. The van der Waals surface area contributed by atoms with E-state index in [2.05, 4.69) is 20.7 Å². The third-order valence-corrected chi connectivity index (χ3v) is 4.74. The van der Waals surface area contributed by atoms with Gasteiger partial charge in [0.2, 0.25) is 0 Å². The van der Waals surface area contributed by atoms with Gasteiger partial charge in [-0.15, -0.1) is 11.3 Å². The lowest BCUT2D eigenvalue weighted by Crippen LogP contribution is -2.35. The summed E-state index contributed by atoms with van der Waals surface area (Å²) in [7, 11) is 1.58. The number of thiophene rings is 1. The van der Waals surface area contributed by atoms with Gasteiger partial charge in [0.05, 0.1) is 22.0 Å². The zero-order chi connectivity index (χ0) is 19.2. The van der Waals surface area contributed by atoms with Crippen molar-refractivity contribution in [1.29, 1.82) is 0 Å². The van der Waals surface area contributed by atoms with Crippen LogP contribution in [0.3, 0.4) is 0 Å². The molecule has 9 heteroatoms. The maximum Gasteiger partial charge on any atom is 0.265 e. The van der Waals surface area contributed by atoms with Crippen LogP contribution in [0.5, 0.6) is 0 Å². The summed E-state index contributed by atoms with van der Waals surface area (Å²) in [6.45, 7) is 2.28. The molecule has 0 unspecified atom stereocenters. The molecule has 0 fully saturated rings. The van der Waals surface area contributed by atoms with Crippen molar-refractivity contribution in [2.45, 2.75) is 13.0 Å².